The largest absolute Gasteiger partial charge is 0.481 e. The lowest BCUT2D eigenvalue weighted by atomic mass is 10.1. The molecule has 1 aliphatic heterocycles. The van der Waals surface area contributed by atoms with E-state index in [0.29, 0.717) is 30.2 Å². The number of hydrogen-bond acceptors (Lipinski definition) is 5. The Morgan fingerprint density at radius 1 is 1.23 bits per heavy atom. The van der Waals surface area contributed by atoms with E-state index in [2.05, 4.69) is 9.97 Å². The molecule has 0 atom stereocenters. The molecule has 4 rings (SSSR count). The van der Waals surface area contributed by atoms with Crippen LogP contribution in [0, 0.1) is 17.1 Å². The van der Waals surface area contributed by atoms with Gasteiger partial charge in [-0.25, -0.2) is 14.4 Å². The Balaban J connectivity index is 1.86. The molecule has 3 heterocycles. The summed E-state index contributed by atoms with van der Waals surface area (Å²) in [6, 6.07) is 9.32. The fraction of sp³-hybridized carbons (Fsp3) is 0.273. The van der Waals surface area contributed by atoms with E-state index in [1.807, 2.05) is 0 Å². The minimum atomic E-state index is -0.678. The van der Waals surface area contributed by atoms with Crippen molar-refractivity contribution in [2.45, 2.75) is 19.3 Å². The fourth-order valence-electron chi connectivity index (χ4n) is 3.58. The number of halogens is 2. The highest BCUT2D eigenvalue weighted by Gasteiger charge is 2.28. The monoisotopic (exact) mass is 439 g/mol. The molecule has 1 fully saturated rings. The van der Waals surface area contributed by atoms with Gasteiger partial charge in [0.1, 0.15) is 22.9 Å². The van der Waals surface area contributed by atoms with Crippen molar-refractivity contribution >= 4 is 17.5 Å². The molecule has 0 spiro atoms. The van der Waals surface area contributed by atoms with E-state index in [0.717, 1.165) is 19.3 Å². The van der Waals surface area contributed by atoms with Gasteiger partial charge in [0.05, 0.1) is 24.6 Å². The van der Waals surface area contributed by atoms with Crippen LogP contribution in [-0.4, -0.2) is 45.5 Å². The van der Waals surface area contributed by atoms with Crippen molar-refractivity contribution in [3.8, 4) is 29.0 Å². The summed E-state index contributed by atoms with van der Waals surface area (Å²) in [5, 5.41) is 9.14. The highest BCUT2D eigenvalue weighted by atomic mass is 35.5. The third kappa shape index (κ3) is 3.97. The zero-order valence-corrected chi connectivity index (χ0v) is 17.6. The zero-order chi connectivity index (χ0) is 22.0. The molecule has 9 heteroatoms. The molecule has 158 valence electrons. The van der Waals surface area contributed by atoms with E-state index in [-0.39, 0.29) is 28.1 Å². The lowest BCUT2D eigenvalue weighted by molar-refractivity contribution is 0.0719. The number of carbonyl (C=O) groups is 1. The van der Waals surface area contributed by atoms with Gasteiger partial charge < -0.3 is 9.64 Å². The summed E-state index contributed by atoms with van der Waals surface area (Å²) in [6.45, 7) is 1.29. The van der Waals surface area contributed by atoms with Crippen LogP contribution in [0.2, 0.25) is 5.15 Å². The minimum absolute atomic E-state index is 0.0799. The smallest absolute Gasteiger partial charge is 0.275 e. The van der Waals surface area contributed by atoms with E-state index in [1.54, 1.807) is 33.7 Å². The molecule has 1 aliphatic rings. The Hall–Kier alpha value is -3.44. The average molecular weight is 440 g/mol. The number of rotatable bonds is 4. The van der Waals surface area contributed by atoms with Crippen LogP contribution in [0.15, 0.2) is 36.5 Å². The number of likely N-dealkylation sites (tertiary alicyclic amines) is 1. The normalized spacial score (nSPS) is 13.7. The number of ether oxygens (including phenoxy) is 1. The van der Waals surface area contributed by atoms with Crippen molar-refractivity contribution in [3.63, 3.8) is 0 Å². The van der Waals surface area contributed by atoms with Gasteiger partial charge in [-0.15, -0.1) is 0 Å². The lowest BCUT2D eigenvalue weighted by Crippen LogP contribution is -2.36. The lowest BCUT2D eigenvalue weighted by Gasteiger charge is -2.25. The number of amides is 1. The van der Waals surface area contributed by atoms with Crippen LogP contribution in [-0.2, 0) is 0 Å². The Morgan fingerprint density at radius 2 is 2.00 bits per heavy atom. The quantitative estimate of drug-likeness (QED) is 0.607. The average Bonchev–Trinajstić information content (AvgIpc) is 3.16. The first kappa shape index (κ1) is 20.8. The summed E-state index contributed by atoms with van der Waals surface area (Å²) >= 11 is 6.65. The van der Waals surface area contributed by atoms with Crippen LogP contribution in [0.4, 0.5) is 4.39 Å². The predicted molar refractivity (Wildman–Crippen MR) is 113 cm³/mol. The molecule has 2 aromatic heterocycles. The number of hydrogen-bond donors (Lipinski definition) is 0. The van der Waals surface area contributed by atoms with Crippen molar-refractivity contribution in [2.24, 2.45) is 0 Å². The second-order valence-electron chi connectivity index (χ2n) is 7.13. The van der Waals surface area contributed by atoms with Gasteiger partial charge in [-0.3, -0.25) is 9.36 Å². The van der Waals surface area contributed by atoms with Crippen molar-refractivity contribution in [1.29, 1.82) is 5.26 Å². The van der Waals surface area contributed by atoms with Gasteiger partial charge in [0.2, 0.25) is 5.88 Å². The summed E-state index contributed by atoms with van der Waals surface area (Å²) in [7, 11) is 1.51. The second-order valence-corrected chi connectivity index (χ2v) is 7.49. The number of methoxy groups -OCH3 is 1. The first-order valence-corrected chi connectivity index (χ1v) is 10.2. The van der Waals surface area contributed by atoms with Gasteiger partial charge >= 0.3 is 0 Å². The van der Waals surface area contributed by atoms with Crippen LogP contribution in [0.5, 0.6) is 5.88 Å². The summed E-state index contributed by atoms with van der Waals surface area (Å²) in [6.07, 6.45) is 4.48. The Kier molecular flexibility index (Phi) is 5.87. The van der Waals surface area contributed by atoms with Gasteiger partial charge in [-0.2, -0.15) is 5.26 Å². The molecule has 0 bridgehead atoms. The van der Waals surface area contributed by atoms with Crippen molar-refractivity contribution < 1.29 is 13.9 Å². The van der Waals surface area contributed by atoms with E-state index >= 15 is 0 Å². The molecule has 1 aromatic carbocycles. The predicted octanol–water partition coefficient (Wildman–Crippen LogP) is 4.23. The summed E-state index contributed by atoms with van der Waals surface area (Å²) in [4.78, 5) is 23.6. The van der Waals surface area contributed by atoms with E-state index in [4.69, 9.17) is 21.6 Å². The maximum atomic E-state index is 14.3. The molecule has 0 saturated carbocycles. The summed E-state index contributed by atoms with van der Waals surface area (Å²) < 4.78 is 21.0. The summed E-state index contributed by atoms with van der Waals surface area (Å²) in [5.74, 6) is -0.251. The maximum absolute atomic E-state index is 14.3. The molecule has 0 unspecified atom stereocenters. The molecular formula is C22H19ClFN5O2. The number of aromatic nitrogens is 3. The molecule has 7 nitrogen and oxygen atoms in total. The van der Waals surface area contributed by atoms with Crippen LogP contribution >= 0.6 is 11.6 Å². The third-order valence-corrected chi connectivity index (χ3v) is 5.55. The van der Waals surface area contributed by atoms with Crippen LogP contribution in [0.25, 0.3) is 17.1 Å². The number of imidazole rings is 1. The van der Waals surface area contributed by atoms with Gasteiger partial charge in [-0.1, -0.05) is 11.6 Å². The Morgan fingerprint density at radius 3 is 2.61 bits per heavy atom. The SMILES string of the molecule is COc1ccc(-n2c(-c3ccc(C#N)c(F)c3)nc(C(=O)N3CCCCC3)c2Cl)cn1. The van der Waals surface area contributed by atoms with Crippen LogP contribution in [0.3, 0.4) is 0 Å². The number of carbonyl (C=O) groups excluding carboxylic acids is 1. The third-order valence-electron chi connectivity index (χ3n) is 5.20. The molecule has 31 heavy (non-hydrogen) atoms. The molecule has 1 saturated heterocycles. The van der Waals surface area contributed by atoms with Crippen molar-refractivity contribution in [2.75, 3.05) is 20.2 Å². The number of piperidine rings is 1. The molecule has 3 aromatic rings. The topological polar surface area (TPSA) is 84.0 Å². The highest BCUT2D eigenvalue weighted by molar-refractivity contribution is 6.33. The molecule has 0 radical (unpaired) electrons. The Labute approximate surface area is 183 Å². The van der Waals surface area contributed by atoms with Gasteiger partial charge in [-0.05, 0) is 43.5 Å². The van der Waals surface area contributed by atoms with Crippen molar-refractivity contribution in [1.82, 2.24) is 19.4 Å². The van der Waals surface area contributed by atoms with E-state index in [9.17, 15) is 9.18 Å². The molecule has 0 N–H and O–H groups in total. The van der Waals surface area contributed by atoms with Crippen LogP contribution in [0.1, 0.15) is 35.3 Å². The van der Waals surface area contributed by atoms with Gasteiger partial charge in [0.25, 0.3) is 5.91 Å². The van der Waals surface area contributed by atoms with E-state index in [1.165, 1.54) is 25.4 Å². The number of nitrogens with zero attached hydrogens (tertiary/aromatic N) is 5. The van der Waals surface area contributed by atoms with Crippen molar-refractivity contribution in [3.05, 3.63) is 58.8 Å². The minimum Gasteiger partial charge on any atom is -0.481 e. The first-order valence-electron chi connectivity index (χ1n) is 9.81. The number of benzene rings is 1. The first-order chi connectivity index (χ1) is 15.0. The number of pyridine rings is 1. The maximum Gasteiger partial charge on any atom is 0.275 e. The molecular weight excluding hydrogens is 421 g/mol. The Bertz CT molecular complexity index is 1160. The number of nitriles is 1. The molecule has 0 aliphatic carbocycles. The zero-order valence-electron chi connectivity index (χ0n) is 16.8. The summed E-state index contributed by atoms with van der Waals surface area (Å²) in [5.41, 5.74) is 0.936. The van der Waals surface area contributed by atoms with E-state index < -0.39 is 5.82 Å². The fourth-order valence-corrected chi connectivity index (χ4v) is 3.88. The van der Waals surface area contributed by atoms with Gasteiger partial charge in [0.15, 0.2) is 5.69 Å². The van der Waals surface area contributed by atoms with Gasteiger partial charge in [0, 0.05) is 24.7 Å². The second kappa shape index (κ2) is 8.74. The van der Waals surface area contributed by atoms with Crippen LogP contribution < -0.4 is 4.74 Å². The molecule has 1 amide bonds. The highest BCUT2D eigenvalue weighted by Crippen LogP contribution is 2.32. The standard InChI is InChI=1S/C22H19ClFN5O2/c1-31-18-8-7-16(13-26-18)29-20(23)19(22(30)28-9-3-2-4-10-28)27-21(29)14-5-6-15(12-25)17(24)11-14/h5-8,11,13H,2-4,9-10H2,1H3.